The molecule has 368 valence electrons. The molecule has 0 bridgehead atoms. The van der Waals surface area contributed by atoms with E-state index in [1.54, 1.807) is 0 Å². The van der Waals surface area contributed by atoms with Crippen molar-refractivity contribution in [3.8, 4) is 0 Å². The maximum Gasteiger partial charge on any atom is 0.310 e. The van der Waals surface area contributed by atoms with Crippen LogP contribution in [0.5, 0.6) is 0 Å². The predicted molar refractivity (Wildman–Crippen MR) is 266 cm³/mol. The number of hydrogen-bond donors (Lipinski definition) is 6. The molecule has 0 aromatic heterocycles. The minimum Gasteiger partial charge on any atom is -0.466 e. The van der Waals surface area contributed by atoms with Crippen molar-refractivity contribution in [2.45, 2.75) is 166 Å². The standard InChI is InChI=1S/C54H72N4O10/c1-5-9-13-27-65-41(59)31-53(32-42(60)66-28-14-10-6-2)55-39-21-17-19-35-23-25-37(49(57-53)45(35)39)47-51(63)48(52(47)64)38-26-24-36-20-18-22-40-46(36)50(38)58-54(56-40,33-43(61)67-29-15-11-7-3)34-44(62)68-30-16-12-8-4/h17-26,47-48,51-52,55-58,63-64H,5-16,27-34H2,1-4H3. The van der Waals surface area contributed by atoms with Crippen molar-refractivity contribution in [1.82, 2.24) is 0 Å². The van der Waals surface area contributed by atoms with Gasteiger partial charge in [-0.1, -0.05) is 128 Å². The van der Waals surface area contributed by atoms with Crippen LogP contribution in [0.4, 0.5) is 22.7 Å². The lowest BCUT2D eigenvalue weighted by Gasteiger charge is -2.50. The van der Waals surface area contributed by atoms with Gasteiger partial charge in [0.15, 0.2) is 0 Å². The second-order valence-electron chi connectivity index (χ2n) is 19.0. The number of nitrogens with one attached hydrogen (secondary N) is 4. The third kappa shape index (κ3) is 11.5. The van der Waals surface area contributed by atoms with E-state index in [1.165, 1.54) is 0 Å². The molecule has 0 saturated heterocycles. The average molecular weight is 937 g/mol. The Morgan fingerprint density at radius 1 is 0.456 bits per heavy atom. The molecule has 14 heteroatoms. The molecule has 1 aliphatic carbocycles. The lowest BCUT2D eigenvalue weighted by molar-refractivity contribution is -0.149. The number of rotatable bonds is 26. The molecule has 1 saturated carbocycles. The van der Waals surface area contributed by atoms with Gasteiger partial charge in [-0.15, -0.1) is 0 Å². The molecular formula is C54H72N4O10. The van der Waals surface area contributed by atoms with Crippen LogP contribution in [0, 0.1) is 0 Å². The van der Waals surface area contributed by atoms with E-state index in [1.807, 2.05) is 60.7 Å². The fourth-order valence-electron chi connectivity index (χ4n) is 10.1. The van der Waals surface area contributed by atoms with Crippen molar-refractivity contribution in [2.24, 2.45) is 0 Å². The third-order valence-corrected chi connectivity index (χ3v) is 13.7. The topological polar surface area (TPSA) is 194 Å². The van der Waals surface area contributed by atoms with Crippen LogP contribution in [-0.4, -0.2) is 84.1 Å². The summed E-state index contributed by atoms with van der Waals surface area (Å²) in [4.78, 5) is 54.4. The Balaban J connectivity index is 1.22. The number of aliphatic hydroxyl groups is 2. The van der Waals surface area contributed by atoms with Gasteiger partial charge in [0.25, 0.3) is 0 Å². The molecule has 0 radical (unpaired) electrons. The van der Waals surface area contributed by atoms with Gasteiger partial charge in [-0.05, 0) is 59.7 Å². The van der Waals surface area contributed by atoms with Crippen LogP contribution in [-0.2, 0) is 38.1 Å². The van der Waals surface area contributed by atoms with Gasteiger partial charge in [-0.25, -0.2) is 0 Å². The fourth-order valence-corrected chi connectivity index (χ4v) is 10.1. The molecule has 6 N–H and O–H groups in total. The van der Waals surface area contributed by atoms with Crippen molar-refractivity contribution >= 4 is 68.2 Å². The number of anilines is 4. The molecule has 1 fully saturated rings. The molecule has 3 aliphatic rings. The summed E-state index contributed by atoms with van der Waals surface area (Å²) >= 11 is 0. The molecule has 2 aliphatic heterocycles. The van der Waals surface area contributed by atoms with Crippen LogP contribution in [0.3, 0.4) is 0 Å². The molecule has 4 aromatic carbocycles. The van der Waals surface area contributed by atoms with Gasteiger partial charge in [0, 0.05) is 45.4 Å². The highest BCUT2D eigenvalue weighted by atomic mass is 16.5. The molecule has 14 nitrogen and oxygen atoms in total. The molecule has 0 spiro atoms. The summed E-state index contributed by atoms with van der Waals surface area (Å²) < 4.78 is 22.8. The summed E-state index contributed by atoms with van der Waals surface area (Å²) in [6.07, 6.45) is 7.46. The van der Waals surface area contributed by atoms with Crippen LogP contribution >= 0.6 is 0 Å². The molecule has 0 amide bonds. The van der Waals surface area contributed by atoms with Gasteiger partial charge in [0.2, 0.25) is 0 Å². The summed E-state index contributed by atoms with van der Waals surface area (Å²) in [5, 5.41) is 42.4. The van der Waals surface area contributed by atoms with E-state index in [2.05, 4.69) is 49.0 Å². The molecule has 7 rings (SSSR count). The summed E-state index contributed by atoms with van der Waals surface area (Å²) in [6, 6.07) is 19.2. The van der Waals surface area contributed by atoms with E-state index < -0.39 is 59.2 Å². The van der Waals surface area contributed by atoms with Crippen molar-refractivity contribution in [3.05, 3.63) is 71.8 Å². The zero-order chi connectivity index (χ0) is 48.3. The lowest BCUT2D eigenvalue weighted by Crippen LogP contribution is -2.55. The van der Waals surface area contributed by atoms with Crippen LogP contribution in [0.15, 0.2) is 60.7 Å². The molecule has 2 heterocycles. The first kappa shape index (κ1) is 50.3. The SMILES string of the molecule is CCCCCOC(=O)CC1(CC(=O)OCCCCC)Nc2cccc3ccc(C4C(O)C(c5ccc6cccc7c6c5NC(CC(=O)OCCCCC)(CC(=O)OCCCCC)N7)C4O)c(c23)N1. The quantitative estimate of drug-likeness (QED) is 0.0198. The summed E-state index contributed by atoms with van der Waals surface area (Å²) in [5.41, 5.74) is 1.08. The van der Waals surface area contributed by atoms with Crippen LogP contribution in [0.2, 0.25) is 0 Å². The Hall–Kier alpha value is -5.60. The number of hydrogen-bond acceptors (Lipinski definition) is 14. The Bertz CT molecular complexity index is 2180. The second kappa shape index (κ2) is 23.1. The van der Waals surface area contributed by atoms with Crippen LogP contribution in [0.1, 0.15) is 153 Å². The summed E-state index contributed by atoms with van der Waals surface area (Å²) in [6.45, 7) is 9.36. The van der Waals surface area contributed by atoms with Gasteiger partial charge in [-0.2, -0.15) is 0 Å². The Kier molecular flexibility index (Phi) is 17.1. The predicted octanol–water partition coefficient (Wildman–Crippen LogP) is 10.2. The highest BCUT2D eigenvalue weighted by molar-refractivity contribution is 6.09. The second-order valence-corrected chi connectivity index (χ2v) is 19.0. The maximum absolute atomic E-state index is 13.6. The number of carbonyl (C=O) groups excluding carboxylic acids is 4. The first-order valence-electron chi connectivity index (χ1n) is 25.2. The maximum atomic E-state index is 13.6. The lowest BCUT2D eigenvalue weighted by atomic mass is 9.62. The zero-order valence-electron chi connectivity index (χ0n) is 40.4. The van der Waals surface area contributed by atoms with Crippen LogP contribution in [0.25, 0.3) is 21.5 Å². The molecule has 0 atom stereocenters. The van der Waals surface area contributed by atoms with E-state index in [0.29, 0.717) is 33.9 Å². The molecular weight excluding hydrogens is 865 g/mol. The third-order valence-electron chi connectivity index (χ3n) is 13.7. The Labute approximate surface area is 400 Å². The van der Waals surface area contributed by atoms with Gasteiger partial charge in [0.05, 0.1) is 64.3 Å². The van der Waals surface area contributed by atoms with Gasteiger partial charge >= 0.3 is 23.9 Å². The Morgan fingerprint density at radius 3 is 1.09 bits per heavy atom. The number of ether oxygens (including phenoxy) is 4. The van der Waals surface area contributed by atoms with Gasteiger partial charge in [-0.3, -0.25) is 19.2 Å². The number of carbonyl (C=O) groups is 4. The highest BCUT2D eigenvalue weighted by Crippen LogP contribution is 2.56. The smallest absolute Gasteiger partial charge is 0.310 e. The summed E-state index contributed by atoms with van der Waals surface area (Å²) in [5.74, 6) is -3.50. The Morgan fingerprint density at radius 2 is 0.779 bits per heavy atom. The fraction of sp³-hybridized carbons (Fsp3) is 0.556. The van der Waals surface area contributed by atoms with Crippen LogP contribution < -0.4 is 21.3 Å². The van der Waals surface area contributed by atoms with E-state index in [0.717, 1.165) is 98.6 Å². The number of esters is 4. The molecule has 4 aromatic rings. The van der Waals surface area contributed by atoms with E-state index >= 15 is 0 Å². The number of benzene rings is 4. The van der Waals surface area contributed by atoms with Crippen molar-refractivity contribution in [2.75, 3.05) is 47.7 Å². The minimum absolute atomic E-state index is 0.200. The highest BCUT2D eigenvalue weighted by Gasteiger charge is 2.54. The molecule has 68 heavy (non-hydrogen) atoms. The first-order chi connectivity index (χ1) is 33.0. The van der Waals surface area contributed by atoms with Gasteiger partial charge in [0.1, 0.15) is 11.3 Å². The van der Waals surface area contributed by atoms with Gasteiger partial charge < -0.3 is 50.4 Å². The summed E-state index contributed by atoms with van der Waals surface area (Å²) in [7, 11) is 0. The van der Waals surface area contributed by atoms with E-state index in [-0.39, 0.29) is 52.1 Å². The van der Waals surface area contributed by atoms with Crippen molar-refractivity contribution < 1.29 is 48.3 Å². The average Bonchev–Trinajstić information content (AvgIpc) is 3.31. The largest absolute Gasteiger partial charge is 0.466 e. The first-order valence-corrected chi connectivity index (χ1v) is 25.2. The van der Waals surface area contributed by atoms with E-state index in [9.17, 15) is 29.4 Å². The number of unbranched alkanes of at least 4 members (excludes halogenated alkanes) is 8. The number of aliphatic hydroxyl groups excluding tert-OH is 2. The van der Waals surface area contributed by atoms with E-state index in [4.69, 9.17) is 18.9 Å². The monoisotopic (exact) mass is 937 g/mol. The molecule has 0 unspecified atom stereocenters. The minimum atomic E-state index is -1.35. The zero-order valence-corrected chi connectivity index (χ0v) is 40.4. The van der Waals surface area contributed by atoms with Crippen molar-refractivity contribution in [3.63, 3.8) is 0 Å². The normalized spacial score (nSPS) is 19.4. The van der Waals surface area contributed by atoms with Crippen molar-refractivity contribution in [1.29, 1.82) is 0 Å².